The Morgan fingerprint density at radius 1 is 1.62 bits per heavy atom. The maximum atomic E-state index is 12.6. The SMILES string of the molecule is C[C@@H](N=[N+]=[N-])c1ccc(F)cc1Cl. The summed E-state index contributed by atoms with van der Waals surface area (Å²) in [5, 5.41) is 3.74. The first-order valence-electron chi connectivity index (χ1n) is 3.64. The molecular weight excluding hydrogens is 193 g/mol. The van der Waals surface area contributed by atoms with Gasteiger partial charge in [-0.25, -0.2) is 4.39 Å². The molecular formula is C8H7ClFN3. The lowest BCUT2D eigenvalue weighted by Gasteiger charge is -2.06. The highest BCUT2D eigenvalue weighted by Crippen LogP contribution is 2.25. The summed E-state index contributed by atoms with van der Waals surface area (Å²) in [7, 11) is 0. The molecule has 0 amide bonds. The minimum atomic E-state index is -0.401. The number of rotatable bonds is 2. The molecule has 1 aromatic carbocycles. The summed E-state index contributed by atoms with van der Waals surface area (Å²) < 4.78 is 12.6. The topological polar surface area (TPSA) is 48.8 Å². The Kier molecular flexibility index (Phi) is 3.12. The summed E-state index contributed by atoms with van der Waals surface area (Å²) in [6.45, 7) is 1.69. The van der Waals surface area contributed by atoms with Gasteiger partial charge in [0.25, 0.3) is 0 Å². The fraction of sp³-hybridized carbons (Fsp3) is 0.250. The van der Waals surface area contributed by atoms with Gasteiger partial charge in [-0.15, -0.1) is 0 Å². The van der Waals surface area contributed by atoms with Gasteiger partial charge in [0.2, 0.25) is 0 Å². The molecule has 0 heterocycles. The van der Waals surface area contributed by atoms with Crippen LogP contribution in [-0.2, 0) is 0 Å². The van der Waals surface area contributed by atoms with E-state index in [1.807, 2.05) is 0 Å². The molecule has 0 radical (unpaired) electrons. The minimum Gasteiger partial charge on any atom is -0.207 e. The van der Waals surface area contributed by atoms with Crippen molar-refractivity contribution in [2.45, 2.75) is 13.0 Å². The number of hydrogen-bond acceptors (Lipinski definition) is 1. The molecule has 0 aliphatic heterocycles. The van der Waals surface area contributed by atoms with Crippen LogP contribution in [0, 0.1) is 5.82 Å². The highest BCUT2D eigenvalue weighted by molar-refractivity contribution is 6.31. The molecule has 3 nitrogen and oxygen atoms in total. The lowest BCUT2D eigenvalue weighted by molar-refractivity contribution is 0.626. The number of halogens is 2. The summed E-state index contributed by atoms with van der Waals surface area (Å²) in [6.07, 6.45) is 0. The monoisotopic (exact) mass is 199 g/mol. The average molecular weight is 200 g/mol. The van der Waals surface area contributed by atoms with E-state index in [4.69, 9.17) is 17.1 Å². The van der Waals surface area contributed by atoms with Crippen molar-refractivity contribution in [3.63, 3.8) is 0 Å². The van der Waals surface area contributed by atoms with Gasteiger partial charge in [-0.1, -0.05) is 29.7 Å². The minimum absolute atomic E-state index is 0.278. The molecule has 0 aliphatic rings. The van der Waals surface area contributed by atoms with Crippen molar-refractivity contribution in [3.8, 4) is 0 Å². The standard InChI is InChI=1S/C8H7ClFN3/c1-5(12-13-11)7-3-2-6(10)4-8(7)9/h2-5H,1H3/t5-/m1/s1. The second kappa shape index (κ2) is 4.12. The zero-order valence-electron chi connectivity index (χ0n) is 6.91. The van der Waals surface area contributed by atoms with E-state index in [2.05, 4.69) is 10.0 Å². The second-order valence-electron chi connectivity index (χ2n) is 2.55. The fourth-order valence-electron chi connectivity index (χ4n) is 0.980. The molecule has 0 aromatic heterocycles. The van der Waals surface area contributed by atoms with Crippen molar-refractivity contribution in [3.05, 3.63) is 45.0 Å². The summed E-state index contributed by atoms with van der Waals surface area (Å²) in [6, 6.07) is 3.61. The van der Waals surface area contributed by atoms with Crippen LogP contribution < -0.4 is 0 Å². The Bertz CT molecular complexity index is 360. The zero-order valence-corrected chi connectivity index (χ0v) is 7.66. The van der Waals surface area contributed by atoms with Crippen molar-refractivity contribution < 1.29 is 4.39 Å². The molecule has 0 bridgehead atoms. The normalized spacial score (nSPS) is 11.9. The number of azide groups is 1. The van der Waals surface area contributed by atoms with Gasteiger partial charge in [0, 0.05) is 9.93 Å². The van der Waals surface area contributed by atoms with Crippen LogP contribution in [0.1, 0.15) is 18.5 Å². The molecule has 68 valence electrons. The molecule has 0 saturated heterocycles. The van der Waals surface area contributed by atoms with Crippen LogP contribution in [0.5, 0.6) is 0 Å². The highest BCUT2D eigenvalue weighted by atomic mass is 35.5. The highest BCUT2D eigenvalue weighted by Gasteiger charge is 2.07. The summed E-state index contributed by atoms with van der Waals surface area (Å²) in [5.41, 5.74) is 8.81. The van der Waals surface area contributed by atoms with Crippen LogP contribution in [0.3, 0.4) is 0 Å². The Balaban J connectivity index is 3.08. The molecule has 0 spiro atoms. The van der Waals surface area contributed by atoms with Crippen molar-refractivity contribution in [1.29, 1.82) is 0 Å². The van der Waals surface area contributed by atoms with Gasteiger partial charge in [0.15, 0.2) is 0 Å². The predicted octanol–water partition coefficient (Wildman–Crippen LogP) is 3.85. The molecule has 0 N–H and O–H groups in total. The van der Waals surface area contributed by atoms with Gasteiger partial charge >= 0.3 is 0 Å². The first-order chi connectivity index (χ1) is 6.15. The van der Waals surface area contributed by atoms with E-state index < -0.39 is 5.82 Å². The third kappa shape index (κ3) is 2.34. The smallest absolute Gasteiger partial charge is 0.124 e. The maximum absolute atomic E-state index is 12.6. The Hall–Kier alpha value is -1.25. The molecule has 0 fully saturated rings. The van der Waals surface area contributed by atoms with E-state index in [9.17, 15) is 4.39 Å². The van der Waals surface area contributed by atoms with Gasteiger partial charge < -0.3 is 0 Å². The third-order valence-corrected chi connectivity index (χ3v) is 1.96. The molecule has 0 saturated carbocycles. The summed E-state index contributed by atoms with van der Waals surface area (Å²) >= 11 is 5.74. The van der Waals surface area contributed by atoms with Crippen molar-refractivity contribution in [2.75, 3.05) is 0 Å². The van der Waals surface area contributed by atoms with Gasteiger partial charge in [0.1, 0.15) is 5.82 Å². The quantitative estimate of drug-likeness (QED) is 0.395. The molecule has 0 unspecified atom stereocenters. The van der Waals surface area contributed by atoms with Crippen LogP contribution in [0.15, 0.2) is 23.3 Å². The molecule has 13 heavy (non-hydrogen) atoms. The first-order valence-corrected chi connectivity index (χ1v) is 4.02. The van der Waals surface area contributed by atoms with Crippen molar-refractivity contribution >= 4 is 11.6 Å². The lowest BCUT2D eigenvalue weighted by atomic mass is 10.1. The van der Waals surface area contributed by atoms with Gasteiger partial charge in [-0.3, -0.25) is 0 Å². The van der Waals surface area contributed by atoms with E-state index in [0.717, 1.165) is 0 Å². The van der Waals surface area contributed by atoms with Crippen LogP contribution in [0.25, 0.3) is 10.4 Å². The van der Waals surface area contributed by atoms with Crippen molar-refractivity contribution in [2.24, 2.45) is 5.11 Å². The van der Waals surface area contributed by atoms with E-state index in [1.54, 1.807) is 6.92 Å². The van der Waals surface area contributed by atoms with Crippen LogP contribution in [0.4, 0.5) is 4.39 Å². The largest absolute Gasteiger partial charge is 0.207 e. The van der Waals surface area contributed by atoms with E-state index >= 15 is 0 Å². The summed E-state index contributed by atoms with van der Waals surface area (Å²) in [5.74, 6) is -0.401. The van der Waals surface area contributed by atoms with E-state index in [0.29, 0.717) is 5.56 Å². The van der Waals surface area contributed by atoms with Crippen LogP contribution in [0.2, 0.25) is 5.02 Å². The van der Waals surface area contributed by atoms with Gasteiger partial charge in [0.05, 0.1) is 6.04 Å². The lowest BCUT2D eigenvalue weighted by Crippen LogP contribution is -1.90. The van der Waals surface area contributed by atoms with E-state index in [-0.39, 0.29) is 11.1 Å². The fourth-order valence-corrected chi connectivity index (χ4v) is 1.31. The molecule has 0 aliphatic carbocycles. The van der Waals surface area contributed by atoms with Gasteiger partial charge in [-0.2, -0.15) is 0 Å². The number of nitrogens with zero attached hydrogens (tertiary/aromatic N) is 3. The van der Waals surface area contributed by atoms with Crippen LogP contribution >= 0.6 is 11.6 Å². The average Bonchev–Trinajstić information content (AvgIpc) is 2.04. The first kappa shape index (κ1) is 9.84. The molecule has 1 atom stereocenters. The Labute approximate surface area is 79.8 Å². The Morgan fingerprint density at radius 3 is 2.85 bits per heavy atom. The van der Waals surface area contributed by atoms with Crippen LogP contribution in [-0.4, -0.2) is 0 Å². The van der Waals surface area contributed by atoms with E-state index in [1.165, 1.54) is 18.2 Å². The maximum Gasteiger partial charge on any atom is 0.124 e. The van der Waals surface area contributed by atoms with Gasteiger partial charge in [-0.05, 0) is 23.2 Å². The second-order valence-corrected chi connectivity index (χ2v) is 2.95. The molecule has 5 heteroatoms. The number of benzene rings is 1. The molecule has 1 aromatic rings. The summed E-state index contributed by atoms with van der Waals surface area (Å²) in [4.78, 5) is 2.65. The molecule has 1 rings (SSSR count). The third-order valence-electron chi connectivity index (χ3n) is 1.64. The van der Waals surface area contributed by atoms with Crippen molar-refractivity contribution in [1.82, 2.24) is 0 Å². The zero-order chi connectivity index (χ0) is 9.84. The number of hydrogen-bond donors (Lipinski definition) is 0. The Morgan fingerprint density at radius 2 is 2.31 bits per heavy atom. The predicted molar refractivity (Wildman–Crippen MR) is 49.0 cm³/mol.